The quantitative estimate of drug-likeness (QED) is 0.0359. The maximum Gasteiger partial charge on any atom is 0.338 e. The molecule has 11 aromatic carbocycles. The van der Waals surface area contributed by atoms with Gasteiger partial charge < -0.3 is 118 Å². The molecule has 138 heavy (non-hydrogen) atoms. The zero-order valence-electron chi connectivity index (χ0n) is 74.6. The molecule has 0 aliphatic carbocycles. The molecule has 10 aliphatic rings. The molecule has 0 bridgehead atoms. The number of benzene rings is 11. The molecule has 0 radical (unpaired) electrons. The second kappa shape index (κ2) is 42.7. The molecule has 30 atom stereocenters. The van der Waals surface area contributed by atoms with E-state index in [1.54, 1.807) is 152 Å². The Bertz CT molecular complexity index is 5830. The van der Waals surface area contributed by atoms with E-state index in [1.165, 1.54) is 0 Å². The Kier molecular flexibility index (Phi) is 28.6. The summed E-state index contributed by atoms with van der Waals surface area (Å²) >= 11 is 0. The minimum absolute atomic E-state index is 0.0272. The average Bonchev–Trinajstić information content (AvgIpc) is 0.743. The fraction of sp³-hybridized carbons (Fsp3) is 0.343. The Morgan fingerprint density at radius 2 is 0.420 bits per heavy atom. The number of carbonyl (C=O) groups excluding carboxylic acids is 5. The smallest absolute Gasteiger partial charge is 0.338 e. The fourth-order valence-corrected chi connectivity index (χ4v) is 19.0. The minimum atomic E-state index is -1.96. The fourth-order valence-electron chi connectivity index (χ4n) is 19.0. The molecule has 10 heterocycles. The SMILES string of the molecule is C[C@@H]1C(OC(=O)c2ccccc2)[C@H](O[C@@H]2C(OC(=O)c3ccccc3)[C@H](O[C@@H]3C(OC(=O)c4ccccc4)[C@H](O[C@@H]4C(OC(=O)c5ccccc5)[C@H](O[C@@H]5C(OC(=O)c6ccccc6)[C@H](OCc6ccccc6)OC6COC(c7ccccc7)O[C@@H]65)OC5COC(c6ccccc6)O[C@@H]54)OC4COC(c5ccccc5)O[C@@H]43)OC3COC(c4ccccc4)O[C@@H]32)OC2COC(c3ccccc3)O[C@@H]21. The van der Waals surface area contributed by atoms with Crippen molar-refractivity contribution >= 4 is 29.8 Å². The van der Waals surface area contributed by atoms with Crippen LogP contribution in [0.3, 0.4) is 0 Å². The van der Waals surface area contributed by atoms with E-state index in [-0.39, 0.29) is 67.5 Å². The topological polar surface area (TPSA) is 316 Å². The van der Waals surface area contributed by atoms with Gasteiger partial charge in [-0.05, 0) is 66.2 Å². The van der Waals surface area contributed by atoms with Gasteiger partial charge in [-0.2, -0.15) is 0 Å². The van der Waals surface area contributed by atoms with Gasteiger partial charge >= 0.3 is 29.8 Å². The highest BCUT2D eigenvalue weighted by Gasteiger charge is 2.65. The van der Waals surface area contributed by atoms with Crippen LogP contribution in [0.2, 0.25) is 0 Å². The van der Waals surface area contributed by atoms with Crippen molar-refractivity contribution in [3.8, 4) is 0 Å². The average molecular weight is 1880 g/mol. The standard InChI is InChI=1S/C108H100O30/c1-63-80-75(58-115-99(130-80)70-47-25-8-26-48-70)121-105(81(63)125-94(109)65-37-15-3-16-38-65)135-87-83-77(60-117-101(132-83)72-51-29-10-30-52-72)123-107(91(87)127-96(111)67-41-19-5-20-42-67)137-89-85-79(62-119-103(134-85)74-55-33-12-34-56-74)124-108(93(89)129-98(113)69-45-23-7-24-46-69)138-88-84-78(61-118-102(133-84)73-53-31-11-32-54-73)122-106(92(88)128-97(112)68-43-21-6-22-44-68)136-86-82-76(59-116-100(131-82)71-49-27-9-28-50-71)120-104(114-57-64-35-13-2-14-36-64)90(86)126-95(110)66-39-17-4-18-40-66/h2-56,63,75-93,99-108H,57-62H2,1H3/t63-,75?,76?,77?,78?,79?,80+,81?,82-,83-,84-,85-,86-,87-,88-,89-,90?,91?,92?,93?,99?,100?,101?,102?,103?,104+,105-,106-,107-,108-/m0/s1. The van der Waals surface area contributed by atoms with Gasteiger partial charge in [-0.3, -0.25) is 0 Å². The summed E-state index contributed by atoms with van der Waals surface area (Å²) in [5.74, 6) is -5.01. The third-order valence-electron chi connectivity index (χ3n) is 25.9. The van der Waals surface area contributed by atoms with Gasteiger partial charge in [-0.1, -0.05) is 280 Å². The summed E-state index contributed by atoms with van der Waals surface area (Å²) in [7, 11) is 0. The lowest BCUT2D eigenvalue weighted by molar-refractivity contribution is -0.431. The molecule has 0 spiro atoms. The molecule has 30 heteroatoms. The third kappa shape index (κ3) is 20.6. The minimum Gasteiger partial charge on any atom is -0.453 e. The predicted molar refractivity (Wildman–Crippen MR) is 481 cm³/mol. The van der Waals surface area contributed by atoms with Crippen LogP contribution < -0.4 is 0 Å². The number of hydrogen-bond acceptors (Lipinski definition) is 30. The normalized spacial score (nSPS) is 33.1. The first kappa shape index (κ1) is 92.3. The second-order valence-electron chi connectivity index (χ2n) is 34.8. The maximum absolute atomic E-state index is 16.0. The van der Waals surface area contributed by atoms with E-state index in [1.807, 2.05) is 189 Å². The molecule has 10 saturated heterocycles. The lowest BCUT2D eigenvalue weighted by Crippen LogP contribution is -2.71. The Morgan fingerprint density at radius 3 is 0.674 bits per heavy atom. The highest BCUT2D eigenvalue weighted by atomic mass is 16.8. The summed E-state index contributed by atoms with van der Waals surface area (Å²) in [4.78, 5) is 77.5. The Balaban J connectivity index is 0.709. The number of fused-ring (bicyclic) bond motifs is 5. The van der Waals surface area contributed by atoms with Gasteiger partial charge in [-0.25, -0.2) is 24.0 Å². The number of hydrogen-bond donors (Lipinski definition) is 0. The molecule has 10 aliphatic heterocycles. The zero-order chi connectivity index (χ0) is 93.4. The van der Waals surface area contributed by atoms with Crippen molar-refractivity contribution in [1.82, 2.24) is 0 Å². The van der Waals surface area contributed by atoms with Crippen molar-refractivity contribution in [1.29, 1.82) is 0 Å². The lowest BCUT2D eigenvalue weighted by atomic mass is 9.89. The Morgan fingerprint density at radius 1 is 0.225 bits per heavy atom. The summed E-state index contributed by atoms with van der Waals surface area (Å²) in [6.07, 6.45) is -41.1. The summed E-state index contributed by atoms with van der Waals surface area (Å²) in [5.41, 5.74) is 4.40. The molecule has 0 N–H and O–H groups in total. The van der Waals surface area contributed by atoms with Gasteiger partial charge in [0.25, 0.3) is 0 Å². The van der Waals surface area contributed by atoms with E-state index in [4.69, 9.17) is 118 Å². The van der Waals surface area contributed by atoms with E-state index in [0.717, 1.165) is 11.1 Å². The summed E-state index contributed by atoms with van der Waals surface area (Å²) in [6, 6.07) is 96.7. The van der Waals surface area contributed by atoms with Crippen LogP contribution >= 0.6 is 0 Å². The van der Waals surface area contributed by atoms with Gasteiger partial charge in [-0.15, -0.1) is 0 Å². The van der Waals surface area contributed by atoms with Crippen LogP contribution in [0.1, 0.15) is 124 Å². The maximum atomic E-state index is 16.0. The Hall–Kier alpha value is -12.0. The van der Waals surface area contributed by atoms with Crippen molar-refractivity contribution < 1.29 is 142 Å². The van der Waals surface area contributed by atoms with Gasteiger partial charge in [0.05, 0.1) is 73.6 Å². The lowest BCUT2D eigenvalue weighted by Gasteiger charge is -2.54. The first-order chi connectivity index (χ1) is 67.9. The molecule has 712 valence electrons. The summed E-state index contributed by atoms with van der Waals surface area (Å²) in [5, 5.41) is 0. The van der Waals surface area contributed by atoms with E-state index in [9.17, 15) is 4.79 Å². The van der Waals surface area contributed by atoms with Gasteiger partial charge in [0.1, 0.15) is 79.4 Å². The highest BCUT2D eigenvalue weighted by molar-refractivity contribution is 5.91. The second-order valence-corrected chi connectivity index (χ2v) is 34.8. The van der Waals surface area contributed by atoms with E-state index < -0.39 is 215 Å². The molecule has 10 fully saturated rings. The van der Waals surface area contributed by atoms with Gasteiger partial charge in [0, 0.05) is 33.7 Å². The largest absolute Gasteiger partial charge is 0.453 e. The van der Waals surface area contributed by atoms with Crippen LogP contribution in [0, 0.1) is 5.92 Å². The van der Waals surface area contributed by atoms with Crippen molar-refractivity contribution in [2.75, 3.05) is 33.0 Å². The van der Waals surface area contributed by atoms with Crippen LogP contribution in [0.25, 0.3) is 0 Å². The number of ether oxygens (including phenoxy) is 25. The van der Waals surface area contributed by atoms with Crippen LogP contribution in [0.5, 0.6) is 0 Å². The molecular weight excluding hydrogens is 1780 g/mol. The van der Waals surface area contributed by atoms with Crippen molar-refractivity contribution in [3.63, 3.8) is 0 Å². The van der Waals surface area contributed by atoms with Crippen molar-refractivity contribution in [2.24, 2.45) is 5.92 Å². The number of rotatable bonds is 26. The molecule has 0 amide bonds. The molecule has 30 nitrogen and oxygen atoms in total. The first-order valence-corrected chi connectivity index (χ1v) is 46.3. The molecule has 15 unspecified atom stereocenters. The van der Waals surface area contributed by atoms with Crippen molar-refractivity contribution in [2.45, 2.75) is 192 Å². The predicted octanol–water partition coefficient (Wildman–Crippen LogP) is 14.7. The van der Waals surface area contributed by atoms with E-state index in [2.05, 4.69) is 0 Å². The Labute approximate surface area is 794 Å². The molecular formula is C108H100O30. The van der Waals surface area contributed by atoms with Crippen LogP contribution in [0.4, 0.5) is 0 Å². The molecule has 0 aromatic heterocycles. The number of carbonyl (C=O) groups is 5. The number of esters is 5. The summed E-state index contributed by atoms with van der Waals surface area (Å²) in [6.45, 7) is 0.868. The van der Waals surface area contributed by atoms with E-state index in [0.29, 0.717) is 22.3 Å². The van der Waals surface area contributed by atoms with Gasteiger partial charge in [0.15, 0.2) is 93.4 Å². The zero-order valence-corrected chi connectivity index (χ0v) is 74.6. The first-order valence-electron chi connectivity index (χ1n) is 46.3. The highest BCUT2D eigenvalue weighted by Crippen LogP contribution is 2.49. The van der Waals surface area contributed by atoms with E-state index >= 15 is 19.2 Å². The van der Waals surface area contributed by atoms with Gasteiger partial charge in [0.2, 0.25) is 0 Å². The molecule has 11 aromatic rings. The molecule has 21 rings (SSSR count). The van der Waals surface area contributed by atoms with Crippen LogP contribution in [-0.2, 0) is 125 Å². The summed E-state index contributed by atoms with van der Waals surface area (Å²) < 4.78 is 177. The van der Waals surface area contributed by atoms with Crippen LogP contribution in [-0.4, -0.2) is 210 Å². The van der Waals surface area contributed by atoms with Crippen LogP contribution in [0.15, 0.2) is 334 Å². The third-order valence-corrected chi connectivity index (χ3v) is 25.9. The van der Waals surface area contributed by atoms with Crippen molar-refractivity contribution in [3.05, 3.63) is 395 Å². The molecule has 0 saturated carbocycles. The monoisotopic (exact) mass is 1880 g/mol.